The third-order valence-corrected chi connectivity index (χ3v) is 6.12. The van der Waals surface area contributed by atoms with Gasteiger partial charge in [-0.3, -0.25) is 0 Å². The highest BCUT2D eigenvalue weighted by Gasteiger charge is 2.55. The van der Waals surface area contributed by atoms with Gasteiger partial charge in [0.2, 0.25) is 10.00 Å². The summed E-state index contributed by atoms with van der Waals surface area (Å²) in [7, 11) is 2.81. The predicted octanol–water partition coefficient (Wildman–Crippen LogP) is 2.86. The highest BCUT2D eigenvalue weighted by atomic mass is 32.2. The minimum Gasteiger partial charge on any atom is -0.611 e. The minimum absolute atomic E-state index is 0.151. The first kappa shape index (κ1) is 17.0. The van der Waals surface area contributed by atoms with Crippen LogP contribution < -0.4 is 4.74 Å². The monoisotopic (exact) mass is 336 g/mol. The molecule has 21 heavy (non-hydrogen) atoms. The van der Waals surface area contributed by atoms with Crippen LogP contribution in [0.5, 0.6) is 5.06 Å². The molecule has 1 aliphatic rings. The van der Waals surface area contributed by atoms with Crippen molar-refractivity contribution in [3.63, 3.8) is 0 Å². The zero-order chi connectivity index (χ0) is 15.8. The van der Waals surface area contributed by atoms with Crippen molar-refractivity contribution in [3.05, 3.63) is 11.1 Å². The standard InChI is InChI=1S/C14H21FO4S2/c1-8(2)7-19-12-9-6-10(15)14(17-3,18-4)11(9)13(20-12)21(5)16/h8,10H,6-7H2,1-5H3. The van der Waals surface area contributed by atoms with Crippen LogP contribution in [0.4, 0.5) is 4.39 Å². The summed E-state index contributed by atoms with van der Waals surface area (Å²) >= 11 is 0.0411. The molecule has 0 aromatic carbocycles. The third-order valence-electron chi connectivity index (χ3n) is 3.50. The van der Waals surface area contributed by atoms with Crippen molar-refractivity contribution in [1.29, 1.82) is 0 Å². The molecule has 0 spiro atoms. The van der Waals surface area contributed by atoms with Gasteiger partial charge in [0, 0.05) is 26.2 Å². The number of ether oxygens (including phenoxy) is 3. The van der Waals surface area contributed by atoms with Crippen molar-refractivity contribution in [2.24, 2.45) is 5.92 Å². The Labute approximate surface area is 131 Å². The fourth-order valence-electron chi connectivity index (χ4n) is 2.53. The van der Waals surface area contributed by atoms with E-state index in [1.54, 1.807) is 6.26 Å². The van der Waals surface area contributed by atoms with Gasteiger partial charge in [-0.15, -0.1) is 0 Å². The number of alkyl halides is 1. The molecule has 4 nitrogen and oxygen atoms in total. The van der Waals surface area contributed by atoms with Gasteiger partial charge in [0.1, 0.15) is 6.26 Å². The summed E-state index contributed by atoms with van der Waals surface area (Å²) in [6.45, 7) is 4.62. The van der Waals surface area contributed by atoms with Crippen LogP contribution in [0.3, 0.4) is 0 Å². The quantitative estimate of drug-likeness (QED) is 0.592. The van der Waals surface area contributed by atoms with E-state index in [1.807, 2.05) is 13.8 Å². The Morgan fingerprint density at radius 1 is 1.43 bits per heavy atom. The molecule has 0 aliphatic heterocycles. The molecule has 1 aromatic rings. The summed E-state index contributed by atoms with van der Waals surface area (Å²) in [5.74, 6) is -1.12. The molecule has 2 rings (SSSR count). The fourth-order valence-corrected chi connectivity index (χ4v) is 4.76. The second kappa shape index (κ2) is 6.42. The molecule has 0 bridgehead atoms. The maximum atomic E-state index is 14.5. The Hall–Kier alpha value is -0.340. The van der Waals surface area contributed by atoms with E-state index >= 15 is 0 Å². The van der Waals surface area contributed by atoms with Gasteiger partial charge >= 0.3 is 0 Å². The van der Waals surface area contributed by atoms with Crippen molar-refractivity contribution in [2.45, 2.75) is 36.4 Å². The molecule has 2 unspecified atom stereocenters. The van der Waals surface area contributed by atoms with Crippen LogP contribution in [0.15, 0.2) is 4.21 Å². The first-order chi connectivity index (χ1) is 9.87. The molecule has 120 valence electrons. The average Bonchev–Trinajstić information content (AvgIpc) is 2.91. The lowest BCUT2D eigenvalue weighted by atomic mass is 10.1. The Morgan fingerprint density at radius 3 is 2.52 bits per heavy atom. The first-order valence-corrected chi connectivity index (χ1v) is 9.11. The molecule has 2 atom stereocenters. The average molecular weight is 336 g/mol. The van der Waals surface area contributed by atoms with Crippen LogP contribution >= 0.6 is 11.3 Å². The highest BCUT2D eigenvalue weighted by Crippen LogP contribution is 2.53. The Kier molecular flexibility index (Phi) is 5.20. The third kappa shape index (κ3) is 2.82. The molecule has 1 aliphatic carbocycles. The van der Waals surface area contributed by atoms with Crippen molar-refractivity contribution in [3.8, 4) is 5.06 Å². The summed E-state index contributed by atoms with van der Waals surface area (Å²) in [6, 6.07) is 0. The van der Waals surface area contributed by atoms with E-state index in [9.17, 15) is 8.94 Å². The molecular weight excluding hydrogens is 315 g/mol. The normalized spacial score (nSPS) is 21.6. The van der Waals surface area contributed by atoms with Crippen LogP contribution in [0.1, 0.15) is 25.0 Å². The van der Waals surface area contributed by atoms with Crippen LogP contribution in [0.25, 0.3) is 0 Å². The molecule has 0 radical (unpaired) electrons. The van der Waals surface area contributed by atoms with Crippen molar-refractivity contribution >= 4 is 22.5 Å². The Balaban J connectivity index is 2.50. The highest BCUT2D eigenvalue weighted by molar-refractivity contribution is 7.92. The smallest absolute Gasteiger partial charge is 0.233 e. The SMILES string of the molecule is COC1(OC)c2c([S+](C)[O-])sc(OCC(C)C)c2CC1F. The number of thiophene rings is 1. The zero-order valence-electron chi connectivity index (χ0n) is 12.9. The number of hydrogen-bond acceptors (Lipinski definition) is 5. The maximum absolute atomic E-state index is 14.5. The van der Waals surface area contributed by atoms with Gasteiger partial charge in [-0.2, -0.15) is 0 Å². The number of hydrogen-bond donors (Lipinski definition) is 0. The van der Waals surface area contributed by atoms with E-state index in [0.29, 0.717) is 27.4 Å². The minimum atomic E-state index is -1.48. The lowest BCUT2D eigenvalue weighted by molar-refractivity contribution is -0.246. The summed E-state index contributed by atoms with van der Waals surface area (Å²) < 4.78 is 43.5. The Morgan fingerprint density at radius 2 is 2.05 bits per heavy atom. The first-order valence-electron chi connectivity index (χ1n) is 6.74. The van der Waals surface area contributed by atoms with Gasteiger partial charge in [0.05, 0.1) is 12.2 Å². The van der Waals surface area contributed by atoms with Crippen LogP contribution in [0.2, 0.25) is 0 Å². The van der Waals surface area contributed by atoms with E-state index in [-0.39, 0.29) is 6.42 Å². The molecule has 0 saturated carbocycles. The molecule has 0 N–H and O–H groups in total. The van der Waals surface area contributed by atoms with E-state index in [2.05, 4.69) is 0 Å². The molecule has 0 amide bonds. The zero-order valence-corrected chi connectivity index (χ0v) is 14.5. The largest absolute Gasteiger partial charge is 0.611 e. The number of methoxy groups -OCH3 is 2. The lowest BCUT2D eigenvalue weighted by Crippen LogP contribution is -2.38. The second-order valence-electron chi connectivity index (χ2n) is 5.44. The van der Waals surface area contributed by atoms with Gasteiger partial charge in [0.15, 0.2) is 11.2 Å². The molecule has 0 saturated heterocycles. The Bertz CT molecular complexity index is 497. The summed E-state index contributed by atoms with van der Waals surface area (Å²) in [5, 5.41) is 0.627. The summed E-state index contributed by atoms with van der Waals surface area (Å²) in [6.07, 6.45) is 0.382. The second-order valence-corrected chi connectivity index (χ2v) is 7.99. The molecular formula is C14H21FO4S2. The number of fused-ring (bicyclic) bond motifs is 1. The molecule has 1 aromatic heterocycles. The van der Waals surface area contributed by atoms with Crippen molar-refractivity contribution in [2.75, 3.05) is 27.1 Å². The molecule has 0 fully saturated rings. The molecule has 1 heterocycles. The van der Waals surface area contributed by atoms with Crippen molar-refractivity contribution in [1.82, 2.24) is 0 Å². The van der Waals surface area contributed by atoms with Gasteiger partial charge in [-0.1, -0.05) is 13.8 Å². The number of halogens is 1. The summed E-state index contributed by atoms with van der Waals surface area (Å²) in [4.78, 5) is 0. The van der Waals surface area contributed by atoms with Crippen LogP contribution in [0, 0.1) is 5.92 Å². The lowest BCUT2D eigenvalue weighted by Gasteiger charge is -2.29. The van der Waals surface area contributed by atoms with Gasteiger partial charge < -0.3 is 18.8 Å². The maximum Gasteiger partial charge on any atom is 0.233 e. The van der Waals surface area contributed by atoms with Gasteiger partial charge in [-0.05, 0) is 28.4 Å². The van der Waals surface area contributed by atoms with Gasteiger partial charge in [-0.25, -0.2) is 4.39 Å². The van der Waals surface area contributed by atoms with Crippen LogP contribution in [-0.4, -0.2) is 37.8 Å². The topological polar surface area (TPSA) is 50.8 Å². The van der Waals surface area contributed by atoms with Crippen LogP contribution in [-0.2, 0) is 32.9 Å². The van der Waals surface area contributed by atoms with Crippen molar-refractivity contribution < 1.29 is 23.2 Å². The molecule has 7 heteroatoms. The summed E-state index contributed by atoms with van der Waals surface area (Å²) in [5.41, 5.74) is 1.27. The van der Waals surface area contributed by atoms with Gasteiger partial charge in [0.25, 0.3) is 0 Å². The van der Waals surface area contributed by atoms with E-state index in [4.69, 9.17) is 14.2 Å². The van der Waals surface area contributed by atoms with E-state index in [0.717, 1.165) is 5.56 Å². The fraction of sp³-hybridized carbons (Fsp3) is 0.714. The van der Waals surface area contributed by atoms with E-state index < -0.39 is 23.1 Å². The van der Waals surface area contributed by atoms with E-state index in [1.165, 1.54) is 25.6 Å². The predicted molar refractivity (Wildman–Crippen MR) is 81.3 cm³/mol. The number of rotatable bonds is 6.